The van der Waals surface area contributed by atoms with Gasteiger partial charge in [0.15, 0.2) is 9.84 Å². The summed E-state index contributed by atoms with van der Waals surface area (Å²) in [6.07, 6.45) is 4.38. The largest absolute Gasteiger partial charge is 0.378 e. The van der Waals surface area contributed by atoms with Crippen molar-refractivity contribution in [2.24, 2.45) is 11.7 Å². The summed E-state index contributed by atoms with van der Waals surface area (Å²) in [7, 11) is -3.53. The molecular formula is C16H25ClN4O5S. The van der Waals surface area contributed by atoms with Crippen LogP contribution < -0.4 is 16.4 Å². The smallest absolute Gasteiger partial charge is 0.293 e. The number of nitrogens with two attached hydrogens (primary N) is 1. The minimum absolute atomic E-state index is 0. The number of carbonyl (C=O) groups is 1. The molecule has 1 aromatic rings. The number of nitro benzene ring substituents is 1. The van der Waals surface area contributed by atoms with Gasteiger partial charge in [-0.3, -0.25) is 14.9 Å². The van der Waals surface area contributed by atoms with Crippen molar-refractivity contribution in [3.8, 4) is 0 Å². The van der Waals surface area contributed by atoms with E-state index in [0.29, 0.717) is 13.0 Å². The summed E-state index contributed by atoms with van der Waals surface area (Å²) in [4.78, 5) is 22.5. The number of rotatable bonds is 7. The lowest BCUT2D eigenvalue weighted by molar-refractivity contribution is -0.384. The molecule has 0 heterocycles. The molecule has 2 unspecified atom stereocenters. The molecule has 11 heteroatoms. The minimum Gasteiger partial charge on any atom is -0.378 e. The highest BCUT2D eigenvalue weighted by Gasteiger charge is 2.25. The van der Waals surface area contributed by atoms with Crippen LogP contribution in [0.2, 0.25) is 0 Å². The average molecular weight is 421 g/mol. The molecule has 2 atom stereocenters. The molecule has 1 fully saturated rings. The van der Waals surface area contributed by atoms with Crippen LogP contribution in [0.15, 0.2) is 23.1 Å². The van der Waals surface area contributed by atoms with Gasteiger partial charge < -0.3 is 16.4 Å². The molecule has 9 nitrogen and oxygen atoms in total. The maximum atomic E-state index is 12.1. The number of nitrogens with one attached hydrogen (secondary N) is 2. The average Bonchev–Trinajstić information content (AvgIpc) is 2.57. The SMILES string of the molecule is CS(=O)(=O)c1ccc(NCCNC(=O)C2CCCC(N)C2)c([N+](=O)[O-])c1.Cl. The van der Waals surface area contributed by atoms with Gasteiger partial charge in [0.1, 0.15) is 5.69 Å². The Balaban J connectivity index is 0.00000364. The number of nitro groups is 1. The Bertz CT molecular complexity index is 787. The zero-order valence-corrected chi connectivity index (χ0v) is 16.6. The van der Waals surface area contributed by atoms with E-state index in [1.165, 1.54) is 12.1 Å². The number of hydrogen-bond acceptors (Lipinski definition) is 7. The Morgan fingerprint density at radius 1 is 1.33 bits per heavy atom. The molecule has 1 amide bonds. The van der Waals surface area contributed by atoms with Gasteiger partial charge in [-0.2, -0.15) is 0 Å². The van der Waals surface area contributed by atoms with Gasteiger partial charge in [-0.25, -0.2) is 8.42 Å². The van der Waals surface area contributed by atoms with Crippen molar-refractivity contribution < 1.29 is 18.1 Å². The Labute approximate surface area is 164 Å². The lowest BCUT2D eigenvalue weighted by atomic mass is 9.85. The summed E-state index contributed by atoms with van der Waals surface area (Å²) < 4.78 is 23.1. The zero-order chi connectivity index (χ0) is 19.3. The lowest BCUT2D eigenvalue weighted by Gasteiger charge is -2.25. The molecule has 0 radical (unpaired) electrons. The van der Waals surface area contributed by atoms with Crippen molar-refractivity contribution in [1.29, 1.82) is 0 Å². The molecule has 0 aliphatic heterocycles. The van der Waals surface area contributed by atoms with Crippen LogP contribution in [0.1, 0.15) is 25.7 Å². The molecule has 0 aromatic heterocycles. The standard InChI is InChI=1S/C16H24N4O5S.ClH/c1-26(24,25)13-5-6-14(15(10-13)20(22)23)18-7-8-19-16(21)11-3-2-4-12(17)9-11;/h5-6,10-12,18H,2-4,7-9,17H2,1H3,(H,19,21);1H. The molecule has 0 bridgehead atoms. The van der Waals surface area contributed by atoms with Crippen molar-refractivity contribution in [2.45, 2.75) is 36.6 Å². The van der Waals surface area contributed by atoms with Crippen molar-refractivity contribution in [2.75, 3.05) is 24.7 Å². The summed E-state index contributed by atoms with van der Waals surface area (Å²) in [6, 6.07) is 3.76. The van der Waals surface area contributed by atoms with Crippen molar-refractivity contribution in [3.05, 3.63) is 28.3 Å². The van der Waals surface area contributed by atoms with Gasteiger partial charge in [-0.15, -0.1) is 12.4 Å². The predicted octanol–water partition coefficient (Wildman–Crippen LogP) is 1.47. The van der Waals surface area contributed by atoms with Gasteiger partial charge in [-0.05, 0) is 31.4 Å². The Morgan fingerprint density at radius 3 is 2.63 bits per heavy atom. The van der Waals surface area contributed by atoms with E-state index in [2.05, 4.69) is 10.6 Å². The van der Waals surface area contributed by atoms with Gasteiger partial charge in [0.25, 0.3) is 5.69 Å². The third-order valence-electron chi connectivity index (χ3n) is 4.42. The number of halogens is 1. The normalized spacial score (nSPS) is 19.6. The molecule has 1 saturated carbocycles. The zero-order valence-electron chi connectivity index (χ0n) is 15.0. The summed E-state index contributed by atoms with van der Waals surface area (Å²) in [5.41, 5.74) is 5.77. The number of benzene rings is 1. The molecule has 2 rings (SSSR count). The van der Waals surface area contributed by atoms with Crippen LogP contribution in [0.5, 0.6) is 0 Å². The fourth-order valence-corrected chi connectivity index (χ4v) is 3.68. The van der Waals surface area contributed by atoms with Gasteiger partial charge >= 0.3 is 0 Å². The quantitative estimate of drug-likeness (QED) is 0.344. The Hall–Kier alpha value is -1.91. The number of nitrogens with zero attached hydrogens (tertiary/aromatic N) is 1. The third-order valence-corrected chi connectivity index (χ3v) is 5.53. The second-order valence-electron chi connectivity index (χ2n) is 6.55. The van der Waals surface area contributed by atoms with E-state index >= 15 is 0 Å². The second-order valence-corrected chi connectivity index (χ2v) is 8.57. The van der Waals surface area contributed by atoms with Gasteiger partial charge in [0, 0.05) is 37.4 Å². The minimum atomic E-state index is -3.53. The van der Waals surface area contributed by atoms with Gasteiger partial charge in [-0.1, -0.05) is 6.42 Å². The van der Waals surface area contributed by atoms with Crippen LogP contribution in [0.3, 0.4) is 0 Å². The first-order chi connectivity index (χ1) is 12.2. The van der Waals surface area contributed by atoms with E-state index in [0.717, 1.165) is 31.6 Å². The van der Waals surface area contributed by atoms with Crippen LogP contribution in [-0.2, 0) is 14.6 Å². The Kier molecular flexibility index (Phi) is 8.45. The topological polar surface area (TPSA) is 144 Å². The second kappa shape index (κ2) is 9.86. The van der Waals surface area contributed by atoms with E-state index in [4.69, 9.17) is 5.73 Å². The van der Waals surface area contributed by atoms with Crippen LogP contribution in [-0.4, -0.2) is 44.6 Å². The van der Waals surface area contributed by atoms with Crippen LogP contribution in [0.25, 0.3) is 0 Å². The first-order valence-electron chi connectivity index (χ1n) is 8.44. The number of carbonyl (C=O) groups excluding carboxylic acids is 1. The van der Waals surface area contributed by atoms with Crippen molar-refractivity contribution in [3.63, 3.8) is 0 Å². The summed E-state index contributed by atoms with van der Waals surface area (Å²) >= 11 is 0. The number of sulfone groups is 1. The summed E-state index contributed by atoms with van der Waals surface area (Å²) in [5, 5.41) is 16.8. The van der Waals surface area contributed by atoms with Crippen LogP contribution in [0, 0.1) is 16.0 Å². The lowest BCUT2D eigenvalue weighted by Crippen LogP contribution is -2.39. The molecule has 1 aliphatic rings. The van der Waals surface area contributed by atoms with E-state index in [1.54, 1.807) is 0 Å². The first kappa shape index (κ1) is 23.1. The van der Waals surface area contributed by atoms with Gasteiger partial charge in [0.2, 0.25) is 5.91 Å². The fraction of sp³-hybridized carbons (Fsp3) is 0.562. The number of hydrogen-bond donors (Lipinski definition) is 3. The number of amides is 1. The van der Waals surface area contributed by atoms with Crippen molar-refractivity contribution in [1.82, 2.24) is 5.32 Å². The highest BCUT2D eigenvalue weighted by atomic mass is 35.5. The highest BCUT2D eigenvalue weighted by molar-refractivity contribution is 7.90. The van der Waals surface area contributed by atoms with E-state index in [-0.39, 0.29) is 53.1 Å². The first-order valence-corrected chi connectivity index (χ1v) is 10.3. The van der Waals surface area contributed by atoms with E-state index < -0.39 is 14.8 Å². The molecular weight excluding hydrogens is 396 g/mol. The molecule has 0 spiro atoms. The fourth-order valence-electron chi connectivity index (χ4n) is 3.04. The summed E-state index contributed by atoms with van der Waals surface area (Å²) in [6.45, 7) is 0.582. The molecule has 27 heavy (non-hydrogen) atoms. The van der Waals surface area contributed by atoms with E-state index in [1.807, 2.05) is 0 Å². The monoisotopic (exact) mass is 420 g/mol. The predicted molar refractivity (Wildman–Crippen MR) is 105 cm³/mol. The Morgan fingerprint density at radius 2 is 2.04 bits per heavy atom. The van der Waals surface area contributed by atoms with E-state index in [9.17, 15) is 23.3 Å². The van der Waals surface area contributed by atoms with Crippen molar-refractivity contribution >= 4 is 39.5 Å². The highest BCUT2D eigenvalue weighted by Crippen LogP contribution is 2.27. The maximum absolute atomic E-state index is 12.1. The maximum Gasteiger partial charge on any atom is 0.293 e. The van der Waals surface area contributed by atoms with Crippen LogP contribution in [0.4, 0.5) is 11.4 Å². The number of anilines is 1. The summed E-state index contributed by atoms with van der Waals surface area (Å²) in [5.74, 6) is -0.133. The molecule has 1 aliphatic carbocycles. The molecule has 1 aromatic carbocycles. The van der Waals surface area contributed by atoms with Gasteiger partial charge in [0.05, 0.1) is 9.82 Å². The third kappa shape index (κ3) is 6.64. The molecule has 152 valence electrons. The van der Waals surface area contributed by atoms with Crippen LogP contribution >= 0.6 is 12.4 Å². The molecule has 0 saturated heterocycles. The molecule has 4 N–H and O–H groups in total.